The normalized spacial score (nSPS) is 19.2. The fourth-order valence-electron chi connectivity index (χ4n) is 5.14. The molecule has 1 aromatic heterocycles. The van der Waals surface area contributed by atoms with Gasteiger partial charge < -0.3 is 24.7 Å². The average Bonchev–Trinajstić information content (AvgIpc) is 3.18. The van der Waals surface area contributed by atoms with E-state index in [0.717, 1.165) is 62.5 Å². The van der Waals surface area contributed by atoms with Crippen molar-refractivity contribution in [3.8, 4) is 11.5 Å². The Labute approximate surface area is 213 Å². The standard InChI is InChI=1S/C25H31N3O3.2ClH.H2O/c29-25-14-22-13-24-23(30-18-31-24)12-21(22)7-11-28(25)17-20-6-3-10-27(16-20)9-2-5-19-4-1-8-26-15-19;;;/h1,4,8,12-13,15,20H,2-3,5-7,9-11,14,16-18H2;2*1H;1H2. The van der Waals surface area contributed by atoms with Gasteiger partial charge >= 0.3 is 0 Å². The highest BCUT2D eigenvalue weighted by Crippen LogP contribution is 2.36. The molecule has 1 aromatic carbocycles. The summed E-state index contributed by atoms with van der Waals surface area (Å²) in [6.07, 6.45) is 9.82. The van der Waals surface area contributed by atoms with Gasteiger partial charge in [0.15, 0.2) is 11.5 Å². The van der Waals surface area contributed by atoms with E-state index in [1.54, 1.807) is 0 Å². The zero-order valence-electron chi connectivity index (χ0n) is 19.4. The van der Waals surface area contributed by atoms with Crippen molar-refractivity contribution in [2.24, 2.45) is 5.92 Å². The smallest absolute Gasteiger partial charge is 0.231 e. The number of piperidine rings is 1. The second-order valence-electron chi connectivity index (χ2n) is 9.01. The first-order valence-corrected chi connectivity index (χ1v) is 11.5. The summed E-state index contributed by atoms with van der Waals surface area (Å²) in [6, 6.07) is 8.24. The van der Waals surface area contributed by atoms with E-state index in [1.165, 1.54) is 30.5 Å². The van der Waals surface area contributed by atoms with Gasteiger partial charge in [0.05, 0.1) is 6.42 Å². The SMILES string of the molecule is Cl.Cl.O.O=C1Cc2cc3c(cc2CCN1CC1CCCN(CCCc2cccnc2)C1)OCO3. The Morgan fingerprint density at radius 2 is 1.88 bits per heavy atom. The molecule has 34 heavy (non-hydrogen) atoms. The van der Waals surface area contributed by atoms with Crippen molar-refractivity contribution in [1.29, 1.82) is 0 Å². The molecule has 3 aliphatic heterocycles. The first-order valence-electron chi connectivity index (χ1n) is 11.5. The molecule has 3 aliphatic rings. The lowest BCUT2D eigenvalue weighted by molar-refractivity contribution is -0.131. The molecule has 0 aliphatic carbocycles. The Bertz CT molecular complexity index is 932. The third-order valence-electron chi connectivity index (χ3n) is 6.78. The molecule has 0 saturated carbocycles. The van der Waals surface area contributed by atoms with Crippen LogP contribution in [0.4, 0.5) is 0 Å². The number of aromatic nitrogens is 1. The molecule has 4 heterocycles. The van der Waals surface area contributed by atoms with Gasteiger partial charge in [0.2, 0.25) is 12.7 Å². The van der Waals surface area contributed by atoms with E-state index < -0.39 is 0 Å². The first kappa shape index (κ1) is 28.2. The lowest BCUT2D eigenvalue weighted by Crippen LogP contribution is -2.43. The number of rotatable bonds is 6. The Morgan fingerprint density at radius 3 is 2.65 bits per heavy atom. The predicted octanol–water partition coefficient (Wildman–Crippen LogP) is 3.10. The first-order chi connectivity index (χ1) is 15.2. The number of benzene rings is 1. The number of aryl methyl sites for hydroxylation is 1. The molecule has 0 radical (unpaired) electrons. The fourth-order valence-corrected chi connectivity index (χ4v) is 5.14. The molecule has 0 spiro atoms. The Kier molecular flexibility index (Phi) is 10.9. The molecule has 0 bridgehead atoms. The molecule has 2 N–H and O–H groups in total. The Hall–Kier alpha value is -2.06. The maximum Gasteiger partial charge on any atom is 0.231 e. The van der Waals surface area contributed by atoms with E-state index in [2.05, 4.69) is 26.9 Å². The van der Waals surface area contributed by atoms with E-state index in [-0.39, 0.29) is 43.0 Å². The van der Waals surface area contributed by atoms with Crippen molar-refractivity contribution >= 4 is 30.7 Å². The summed E-state index contributed by atoms with van der Waals surface area (Å²) in [5, 5.41) is 0. The number of likely N-dealkylation sites (tertiary alicyclic amines) is 1. The van der Waals surface area contributed by atoms with Crippen molar-refractivity contribution in [2.45, 2.75) is 38.5 Å². The second-order valence-corrected chi connectivity index (χ2v) is 9.01. The monoisotopic (exact) mass is 511 g/mol. The van der Waals surface area contributed by atoms with Crippen molar-refractivity contribution in [3.63, 3.8) is 0 Å². The highest BCUT2D eigenvalue weighted by molar-refractivity contribution is 5.85. The lowest BCUT2D eigenvalue weighted by Gasteiger charge is -2.35. The van der Waals surface area contributed by atoms with Crippen LogP contribution >= 0.6 is 24.8 Å². The second kappa shape index (κ2) is 13.1. The van der Waals surface area contributed by atoms with Gasteiger partial charge in [-0.15, -0.1) is 24.8 Å². The number of hydrogen-bond acceptors (Lipinski definition) is 5. The van der Waals surface area contributed by atoms with Crippen molar-refractivity contribution in [1.82, 2.24) is 14.8 Å². The molecule has 7 nitrogen and oxygen atoms in total. The largest absolute Gasteiger partial charge is 0.454 e. The molecule has 1 saturated heterocycles. The maximum atomic E-state index is 13.0. The highest BCUT2D eigenvalue weighted by Gasteiger charge is 2.28. The van der Waals surface area contributed by atoms with Crippen LogP contribution in [0.3, 0.4) is 0 Å². The van der Waals surface area contributed by atoms with Crippen LogP contribution in [0, 0.1) is 5.92 Å². The number of hydrogen-bond donors (Lipinski definition) is 0. The summed E-state index contributed by atoms with van der Waals surface area (Å²) in [5.74, 6) is 2.39. The predicted molar refractivity (Wildman–Crippen MR) is 136 cm³/mol. The molecule has 5 rings (SSSR count). The summed E-state index contributed by atoms with van der Waals surface area (Å²) in [6.45, 7) is 5.34. The van der Waals surface area contributed by atoms with Gasteiger partial charge in [-0.25, -0.2) is 0 Å². The van der Waals surface area contributed by atoms with Gasteiger partial charge in [-0.05, 0) is 86.0 Å². The van der Waals surface area contributed by atoms with Crippen LogP contribution in [-0.4, -0.2) is 65.7 Å². The summed E-state index contributed by atoms with van der Waals surface area (Å²) >= 11 is 0. The number of carbonyl (C=O) groups is 1. The van der Waals surface area contributed by atoms with Crippen molar-refractivity contribution in [3.05, 3.63) is 53.3 Å². The number of nitrogens with zero attached hydrogens (tertiary/aromatic N) is 3. The van der Waals surface area contributed by atoms with Crippen LogP contribution in [0.2, 0.25) is 0 Å². The topological polar surface area (TPSA) is 86.4 Å². The van der Waals surface area contributed by atoms with Gasteiger partial charge in [-0.1, -0.05) is 6.07 Å². The minimum absolute atomic E-state index is 0. The van der Waals surface area contributed by atoms with Crippen LogP contribution < -0.4 is 9.47 Å². The average molecular weight is 512 g/mol. The number of fused-ring (bicyclic) bond motifs is 2. The third kappa shape index (κ3) is 6.75. The van der Waals surface area contributed by atoms with E-state index in [1.807, 2.05) is 24.5 Å². The Balaban J connectivity index is 0.00000136. The fraction of sp³-hybridized carbons (Fsp3) is 0.520. The van der Waals surface area contributed by atoms with Crippen molar-refractivity contribution in [2.75, 3.05) is 39.5 Å². The minimum atomic E-state index is 0. The van der Waals surface area contributed by atoms with E-state index >= 15 is 0 Å². The summed E-state index contributed by atoms with van der Waals surface area (Å²) in [5.41, 5.74) is 3.63. The van der Waals surface area contributed by atoms with Gasteiger partial charge in [-0.3, -0.25) is 9.78 Å². The van der Waals surface area contributed by atoms with E-state index in [9.17, 15) is 4.79 Å². The molecule has 1 atom stereocenters. The number of halogens is 2. The number of amides is 1. The van der Waals surface area contributed by atoms with Crippen LogP contribution in [0.25, 0.3) is 0 Å². The minimum Gasteiger partial charge on any atom is -0.454 e. The van der Waals surface area contributed by atoms with Crippen LogP contribution in [0.5, 0.6) is 11.5 Å². The summed E-state index contributed by atoms with van der Waals surface area (Å²) in [7, 11) is 0. The van der Waals surface area contributed by atoms with Gasteiger partial charge in [-0.2, -0.15) is 0 Å². The highest BCUT2D eigenvalue weighted by atomic mass is 35.5. The Morgan fingerprint density at radius 1 is 1.09 bits per heavy atom. The molecule has 1 fully saturated rings. The summed E-state index contributed by atoms with van der Waals surface area (Å²) < 4.78 is 11.0. The van der Waals surface area contributed by atoms with E-state index in [4.69, 9.17) is 9.47 Å². The van der Waals surface area contributed by atoms with Crippen LogP contribution in [0.1, 0.15) is 36.0 Å². The molecular formula is C25H35Cl2N3O4. The van der Waals surface area contributed by atoms with E-state index in [0.29, 0.717) is 12.3 Å². The quantitative estimate of drug-likeness (QED) is 0.594. The zero-order chi connectivity index (χ0) is 21.0. The van der Waals surface area contributed by atoms with Crippen LogP contribution in [-0.2, 0) is 24.1 Å². The maximum absolute atomic E-state index is 13.0. The lowest BCUT2D eigenvalue weighted by atomic mass is 9.96. The van der Waals surface area contributed by atoms with Gasteiger partial charge in [0.25, 0.3) is 0 Å². The summed E-state index contributed by atoms with van der Waals surface area (Å²) in [4.78, 5) is 21.9. The molecule has 1 amide bonds. The number of pyridine rings is 1. The van der Waals surface area contributed by atoms with Gasteiger partial charge in [0, 0.05) is 32.0 Å². The molecule has 188 valence electrons. The number of ether oxygens (including phenoxy) is 2. The molecular weight excluding hydrogens is 477 g/mol. The molecule has 2 aromatic rings. The number of carbonyl (C=O) groups excluding carboxylic acids is 1. The zero-order valence-corrected chi connectivity index (χ0v) is 21.0. The van der Waals surface area contributed by atoms with Crippen molar-refractivity contribution < 1.29 is 19.7 Å². The molecule has 9 heteroatoms. The third-order valence-corrected chi connectivity index (χ3v) is 6.78. The van der Waals surface area contributed by atoms with Crippen LogP contribution in [0.15, 0.2) is 36.7 Å². The molecule has 1 unspecified atom stereocenters. The van der Waals surface area contributed by atoms with Gasteiger partial charge in [0.1, 0.15) is 0 Å².